The van der Waals surface area contributed by atoms with Gasteiger partial charge in [0.1, 0.15) is 5.78 Å². The van der Waals surface area contributed by atoms with E-state index in [2.05, 4.69) is 0 Å². The summed E-state index contributed by atoms with van der Waals surface area (Å²) < 4.78 is 5.18. The molecule has 0 radical (unpaired) electrons. The second-order valence-electron chi connectivity index (χ2n) is 5.71. The number of rotatable bonds is 1. The Labute approximate surface area is 79.7 Å². The Balaban J connectivity index is 1.89. The first-order valence-electron chi connectivity index (χ1n) is 5.05. The van der Waals surface area contributed by atoms with Crippen LogP contribution in [-0.4, -0.2) is 19.0 Å². The van der Waals surface area contributed by atoms with Gasteiger partial charge in [0, 0.05) is 16.7 Å². The maximum absolute atomic E-state index is 11.8. The van der Waals surface area contributed by atoms with Crippen LogP contribution in [-0.2, 0) is 9.53 Å². The Morgan fingerprint density at radius 1 is 1.31 bits per heavy atom. The van der Waals surface area contributed by atoms with Crippen LogP contribution in [0.3, 0.4) is 0 Å². The fraction of sp³-hybridized carbons (Fsp3) is 0.909. The molecule has 13 heavy (non-hydrogen) atoms. The Morgan fingerprint density at radius 3 is 2.15 bits per heavy atom. The van der Waals surface area contributed by atoms with Gasteiger partial charge in [-0.25, -0.2) is 0 Å². The highest BCUT2D eigenvalue weighted by Gasteiger charge is 2.53. The van der Waals surface area contributed by atoms with E-state index in [1.165, 1.54) is 0 Å². The third-order valence-corrected chi connectivity index (χ3v) is 3.29. The highest BCUT2D eigenvalue weighted by Crippen LogP contribution is 2.52. The number of carbonyl (C=O) groups excluding carboxylic acids is 1. The van der Waals surface area contributed by atoms with Crippen molar-refractivity contribution in [2.75, 3.05) is 13.2 Å². The molecule has 0 bridgehead atoms. The van der Waals surface area contributed by atoms with E-state index in [1.807, 2.05) is 20.8 Å². The lowest BCUT2D eigenvalue weighted by molar-refractivity contribution is -0.186. The molecule has 1 aliphatic heterocycles. The summed E-state index contributed by atoms with van der Waals surface area (Å²) in [4.78, 5) is 11.8. The lowest BCUT2D eigenvalue weighted by atomic mass is 9.57. The van der Waals surface area contributed by atoms with Crippen molar-refractivity contribution in [3.05, 3.63) is 0 Å². The van der Waals surface area contributed by atoms with Crippen molar-refractivity contribution in [2.24, 2.45) is 16.7 Å². The predicted octanol–water partition coefficient (Wildman–Crippen LogP) is 2.03. The maximum atomic E-state index is 11.8. The van der Waals surface area contributed by atoms with E-state index in [0.717, 1.165) is 26.1 Å². The molecule has 0 N–H and O–H groups in total. The van der Waals surface area contributed by atoms with E-state index in [4.69, 9.17) is 4.74 Å². The van der Waals surface area contributed by atoms with Crippen LogP contribution in [0.2, 0.25) is 0 Å². The first-order chi connectivity index (χ1) is 5.93. The third-order valence-electron chi connectivity index (χ3n) is 3.29. The van der Waals surface area contributed by atoms with Gasteiger partial charge in [0.2, 0.25) is 0 Å². The Hall–Kier alpha value is -0.370. The molecule has 0 amide bonds. The molecule has 74 valence electrons. The minimum atomic E-state index is -0.156. The van der Waals surface area contributed by atoms with Gasteiger partial charge in [-0.1, -0.05) is 20.8 Å². The lowest BCUT2D eigenvalue weighted by Crippen LogP contribution is -2.55. The largest absolute Gasteiger partial charge is 0.380 e. The third kappa shape index (κ3) is 1.41. The second-order valence-corrected chi connectivity index (χ2v) is 5.71. The van der Waals surface area contributed by atoms with Crippen molar-refractivity contribution in [3.8, 4) is 0 Å². The maximum Gasteiger partial charge on any atom is 0.141 e. The van der Waals surface area contributed by atoms with E-state index < -0.39 is 0 Å². The molecule has 0 aromatic rings. The number of ketones is 1. The summed E-state index contributed by atoms with van der Waals surface area (Å²) in [6, 6.07) is 0. The zero-order valence-electron chi connectivity index (χ0n) is 8.72. The monoisotopic (exact) mass is 182 g/mol. The lowest BCUT2D eigenvalue weighted by Gasteiger charge is -2.53. The number of Topliss-reactive ketones (excluding diaryl/α,β-unsaturated/α-hetero) is 1. The summed E-state index contributed by atoms with van der Waals surface area (Å²) in [7, 11) is 0. The highest BCUT2D eigenvalue weighted by atomic mass is 16.5. The van der Waals surface area contributed by atoms with Gasteiger partial charge in [-0.2, -0.15) is 0 Å². The standard InChI is InChI=1S/C11H18O2/c1-10(2,3)9(12)8-4-11(5-8)6-13-7-11/h8H,4-7H2,1-3H3. The number of hydrogen-bond donors (Lipinski definition) is 0. The Kier molecular flexibility index (Phi) is 1.82. The van der Waals surface area contributed by atoms with Crippen LogP contribution in [0.15, 0.2) is 0 Å². The zero-order valence-corrected chi connectivity index (χ0v) is 8.72. The quantitative estimate of drug-likeness (QED) is 0.620. The summed E-state index contributed by atoms with van der Waals surface area (Å²) in [5.74, 6) is 0.758. The minimum Gasteiger partial charge on any atom is -0.380 e. The van der Waals surface area contributed by atoms with Crippen LogP contribution >= 0.6 is 0 Å². The predicted molar refractivity (Wildman–Crippen MR) is 50.4 cm³/mol. The van der Waals surface area contributed by atoms with Crippen LogP contribution in [0.1, 0.15) is 33.6 Å². The summed E-state index contributed by atoms with van der Waals surface area (Å²) in [5, 5.41) is 0. The number of hydrogen-bond acceptors (Lipinski definition) is 2. The van der Waals surface area contributed by atoms with E-state index >= 15 is 0 Å². The van der Waals surface area contributed by atoms with E-state index in [1.54, 1.807) is 0 Å². The normalized spacial score (nSPS) is 26.7. The van der Waals surface area contributed by atoms with E-state index in [9.17, 15) is 4.79 Å². The molecule has 1 spiro atoms. The van der Waals surface area contributed by atoms with Gasteiger partial charge < -0.3 is 4.74 Å². The fourth-order valence-electron chi connectivity index (χ4n) is 2.41. The fourth-order valence-corrected chi connectivity index (χ4v) is 2.41. The van der Waals surface area contributed by atoms with Gasteiger partial charge in [-0.3, -0.25) is 4.79 Å². The van der Waals surface area contributed by atoms with Gasteiger partial charge in [0.15, 0.2) is 0 Å². The highest BCUT2D eigenvalue weighted by molar-refractivity contribution is 5.86. The molecule has 2 rings (SSSR count). The van der Waals surface area contributed by atoms with Crippen LogP contribution in [0.5, 0.6) is 0 Å². The Bertz CT molecular complexity index is 225. The summed E-state index contributed by atoms with van der Waals surface area (Å²) in [5.41, 5.74) is 0.266. The van der Waals surface area contributed by atoms with E-state index in [-0.39, 0.29) is 5.41 Å². The molecule has 0 aromatic carbocycles. The van der Waals surface area contributed by atoms with Crippen molar-refractivity contribution in [3.63, 3.8) is 0 Å². The molecule has 1 aliphatic carbocycles. The minimum absolute atomic E-state index is 0.156. The molecule has 0 aromatic heterocycles. The summed E-state index contributed by atoms with van der Waals surface area (Å²) in [6.07, 6.45) is 2.15. The first kappa shape index (κ1) is 9.20. The van der Waals surface area contributed by atoms with Crippen LogP contribution in [0, 0.1) is 16.7 Å². The molecule has 0 atom stereocenters. The van der Waals surface area contributed by atoms with Gasteiger partial charge in [0.05, 0.1) is 13.2 Å². The smallest absolute Gasteiger partial charge is 0.141 e. The molecule has 2 aliphatic rings. The number of carbonyl (C=O) groups is 1. The molecular weight excluding hydrogens is 164 g/mol. The molecular formula is C11H18O2. The molecule has 1 saturated heterocycles. The SMILES string of the molecule is CC(C)(C)C(=O)C1CC2(COC2)C1. The van der Waals surface area contributed by atoms with E-state index in [0.29, 0.717) is 17.1 Å². The molecule has 0 unspecified atom stereocenters. The van der Waals surface area contributed by atoms with Gasteiger partial charge in [0.25, 0.3) is 0 Å². The average molecular weight is 182 g/mol. The molecule has 2 nitrogen and oxygen atoms in total. The Morgan fingerprint density at radius 2 is 1.85 bits per heavy atom. The zero-order chi connectivity index (χ0) is 9.69. The van der Waals surface area contributed by atoms with Gasteiger partial charge >= 0.3 is 0 Å². The summed E-state index contributed by atoms with van der Waals surface area (Å²) in [6.45, 7) is 7.81. The van der Waals surface area contributed by atoms with Crippen molar-refractivity contribution in [1.29, 1.82) is 0 Å². The molecule has 2 heteroatoms. The van der Waals surface area contributed by atoms with Crippen molar-refractivity contribution in [2.45, 2.75) is 33.6 Å². The first-order valence-corrected chi connectivity index (χ1v) is 5.05. The average Bonchev–Trinajstić information content (AvgIpc) is 1.78. The number of ether oxygens (including phenoxy) is 1. The molecule has 1 heterocycles. The van der Waals surface area contributed by atoms with Crippen molar-refractivity contribution in [1.82, 2.24) is 0 Å². The van der Waals surface area contributed by atoms with Crippen molar-refractivity contribution >= 4 is 5.78 Å². The van der Waals surface area contributed by atoms with Crippen LogP contribution in [0.25, 0.3) is 0 Å². The van der Waals surface area contributed by atoms with Gasteiger partial charge in [-0.05, 0) is 12.8 Å². The van der Waals surface area contributed by atoms with Crippen LogP contribution in [0.4, 0.5) is 0 Å². The van der Waals surface area contributed by atoms with Crippen molar-refractivity contribution < 1.29 is 9.53 Å². The van der Waals surface area contributed by atoms with Crippen LogP contribution < -0.4 is 0 Å². The van der Waals surface area contributed by atoms with Gasteiger partial charge in [-0.15, -0.1) is 0 Å². The summed E-state index contributed by atoms with van der Waals surface area (Å²) >= 11 is 0. The molecule has 1 saturated carbocycles. The topological polar surface area (TPSA) is 26.3 Å². The second kappa shape index (κ2) is 2.57. The molecule has 2 fully saturated rings.